The molecule has 3 aromatic rings. The van der Waals surface area contributed by atoms with Crippen molar-refractivity contribution in [2.24, 2.45) is 0 Å². The zero-order valence-electron chi connectivity index (χ0n) is 16.3. The molecule has 0 saturated carbocycles. The minimum atomic E-state index is -4.49. The molecule has 0 aliphatic rings. The number of anilines is 1. The monoisotopic (exact) mass is 452 g/mol. The van der Waals surface area contributed by atoms with Gasteiger partial charge in [0.25, 0.3) is 5.91 Å². The third-order valence-corrected chi connectivity index (χ3v) is 4.41. The maximum atomic E-state index is 12.6. The number of alkyl halides is 3. The van der Waals surface area contributed by atoms with E-state index >= 15 is 0 Å². The lowest BCUT2D eigenvalue weighted by Gasteiger charge is -2.12. The topological polar surface area (TPSA) is 69.7 Å². The van der Waals surface area contributed by atoms with E-state index in [2.05, 4.69) is 10.3 Å². The molecule has 0 aliphatic carbocycles. The number of aromatic nitrogens is 1. The third kappa shape index (κ3) is 5.37. The summed E-state index contributed by atoms with van der Waals surface area (Å²) in [5.74, 6) is 0.589. The van der Waals surface area contributed by atoms with E-state index in [1.807, 2.05) is 0 Å². The molecule has 0 aliphatic heterocycles. The van der Waals surface area contributed by atoms with Crippen LogP contribution in [0.4, 0.5) is 18.9 Å². The zero-order chi connectivity index (χ0) is 22.6. The van der Waals surface area contributed by atoms with Crippen LogP contribution in [0.15, 0.2) is 54.7 Å². The molecule has 2 aromatic carbocycles. The number of pyridine rings is 1. The van der Waals surface area contributed by atoms with Gasteiger partial charge in [-0.2, -0.15) is 13.2 Å². The average molecular weight is 453 g/mol. The van der Waals surface area contributed by atoms with Crippen LogP contribution in [-0.4, -0.2) is 25.1 Å². The lowest BCUT2D eigenvalue weighted by atomic mass is 10.2. The van der Waals surface area contributed by atoms with Crippen LogP contribution < -0.4 is 19.5 Å². The Morgan fingerprint density at radius 2 is 1.68 bits per heavy atom. The van der Waals surface area contributed by atoms with Crippen molar-refractivity contribution >= 4 is 23.2 Å². The summed E-state index contributed by atoms with van der Waals surface area (Å²) in [5, 5.41) is 2.82. The lowest BCUT2D eigenvalue weighted by Crippen LogP contribution is -2.12. The van der Waals surface area contributed by atoms with Crippen molar-refractivity contribution in [1.29, 1.82) is 0 Å². The molecule has 1 heterocycles. The van der Waals surface area contributed by atoms with Crippen LogP contribution >= 0.6 is 11.6 Å². The van der Waals surface area contributed by atoms with E-state index in [1.54, 1.807) is 12.1 Å². The van der Waals surface area contributed by atoms with Crippen LogP contribution in [0.25, 0.3) is 0 Å². The van der Waals surface area contributed by atoms with E-state index < -0.39 is 17.6 Å². The van der Waals surface area contributed by atoms with Gasteiger partial charge < -0.3 is 19.5 Å². The Balaban J connectivity index is 1.71. The van der Waals surface area contributed by atoms with Crippen LogP contribution in [-0.2, 0) is 6.18 Å². The third-order valence-electron chi connectivity index (χ3n) is 4.11. The minimum absolute atomic E-state index is 0.0583. The van der Waals surface area contributed by atoms with Crippen molar-refractivity contribution in [2.45, 2.75) is 6.18 Å². The van der Waals surface area contributed by atoms with E-state index in [1.165, 1.54) is 38.5 Å². The molecule has 3 rings (SSSR count). The standard InChI is InChI=1S/C21H16ClF3N2O4/c1-29-17-6-3-12(9-18(17)30-2)20(28)27-14-5-7-16(15(22)10-14)31-19-8-4-13(11-26-19)21(23,24)25/h3-11H,1-2H3,(H,27,28). The first-order valence-electron chi connectivity index (χ1n) is 8.75. The van der Waals surface area contributed by atoms with E-state index in [4.69, 9.17) is 25.8 Å². The van der Waals surface area contributed by atoms with Gasteiger partial charge in [0.05, 0.1) is 24.8 Å². The average Bonchev–Trinajstić information content (AvgIpc) is 2.74. The molecular weight excluding hydrogens is 437 g/mol. The van der Waals surface area contributed by atoms with E-state index in [-0.39, 0.29) is 16.7 Å². The Bertz CT molecular complexity index is 1090. The molecule has 0 saturated heterocycles. The van der Waals surface area contributed by atoms with Gasteiger partial charge in [0, 0.05) is 23.5 Å². The fraction of sp³-hybridized carbons (Fsp3) is 0.143. The predicted molar refractivity (Wildman–Crippen MR) is 108 cm³/mol. The molecule has 1 amide bonds. The first-order chi connectivity index (χ1) is 14.7. The Hall–Kier alpha value is -3.46. The van der Waals surface area contributed by atoms with Gasteiger partial charge in [-0.15, -0.1) is 0 Å². The molecule has 1 aromatic heterocycles. The molecule has 0 unspecified atom stereocenters. The second-order valence-corrected chi connectivity index (χ2v) is 6.56. The summed E-state index contributed by atoms with van der Waals surface area (Å²) in [6.45, 7) is 0. The fourth-order valence-corrected chi connectivity index (χ4v) is 2.78. The van der Waals surface area contributed by atoms with Gasteiger partial charge in [-0.1, -0.05) is 11.6 Å². The highest BCUT2D eigenvalue weighted by molar-refractivity contribution is 6.32. The van der Waals surface area contributed by atoms with Crippen molar-refractivity contribution in [3.8, 4) is 23.1 Å². The van der Waals surface area contributed by atoms with Crippen molar-refractivity contribution < 1.29 is 32.2 Å². The number of amides is 1. The zero-order valence-corrected chi connectivity index (χ0v) is 17.0. The summed E-state index contributed by atoms with van der Waals surface area (Å²) in [6, 6.07) is 11.1. The first-order valence-corrected chi connectivity index (χ1v) is 9.13. The molecule has 6 nitrogen and oxygen atoms in total. The number of hydrogen-bond acceptors (Lipinski definition) is 5. The summed E-state index contributed by atoms with van der Waals surface area (Å²) in [6.07, 6.45) is -3.82. The maximum Gasteiger partial charge on any atom is 0.417 e. The first kappa shape index (κ1) is 22.2. The van der Waals surface area contributed by atoms with Crippen molar-refractivity contribution in [3.63, 3.8) is 0 Å². The van der Waals surface area contributed by atoms with E-state index in [0.29, 0.717) is 28.9 Å². The van der Waals surface area contributed by atoms with Crippen LogP contribution in [0.5, 0.6) is 23.1 Å². The highest BCUT2D eigenvalue weighted by atomic mass is 35.5. The van der Waals surface area contributed by atoms with Gasteiger partial charge in [-0.05, 0) is 42.5 Å². The van der Waals surface area contributed by atoms with Gasteiger partial charge in [-0.3, -0.25) is 4.79 Å². The number of nitrogens with one attached hydrogen (secondary N) is 1. The van der Waals surface area contributed by atoms with Crippen LogP contribution in [0, 0.1) is 0 Å². The van der Waals surface area contributed by atoms with Crippen LogP contribution in [0.2, 0.25) is 5.02 Å². The number of benzene rings is 2. The second-order valence-electron chi connectivity index (χ2n) is 6.15. The molecule has 31 heavy (non-hydrogen) atoms. The highest BCUT2D eigenvalue weighted by Gasteiger charge is 2.30. The fourth-order valence-electron chi connectivity index (χ4n) is 2.56. The highest BCUT2D eigenvalue weighted by Crippen LogP contribution is 2.33. The lowest BCUT2D eigenvalue weighted by molar-refractivity contribution is -0.137. The van der Waals surface area contributed by atoms with Crippen molar-refractivity contribution in [3.05, 3.63) is 70.9 Å². The maximum absolute atomic E-state index is 12.6. The number of halogens is 4. The molecule has 0 radical (unpaired) electrons. The van der Waals surface area contributed by atoms with Gasteiger partial charge >= 0.3 is 6.18 Å². The van der Waals surface area contributed by atoms with Gasteiger partial charge in [0.15, 0.2) is 11.5 Å². The summed E-state index contributed by atoms with van der Waals surface area (Å²) in [5.41, 5.74) is -0.167. The van der Waals surface area contributed by atoms with Gasteiger partial charge in [0.1, 0.15) is 5.75 Å². The number of hydrogen-bond donors (Lipinski definition) is 1. The molecule has 0 fully saturated rings. The quantitative estimate of drug-likeness (QED) is 0.510. The SMILES string of the molecule is COc1ccc(C(=O)Nc2ccc(Oc3ccc(C(F)(F)F)cn3)c(Cl)c2)cc1OC. The molecule has 162 valence electrons. The van der Waals surface area contributed by atoms with E-state index in [0.717, 1.165) is 12.1 Å². The Morgan fingerprint density at radius 3 is 2.26 bits per heavy atom. The summed E-state index contributed by atoms with van der Waals surface area (Å²) >= 11 is 6.18. The Labute approximate surface area is 180 Å². The molecule has 0 atom stereocenters. The molecule has 1 N–H and O–H groups in total. The van der Waals surface area contributed by atoms with Crippen LogP contribution in [0.3, 0.4) is 0 Å². The normalized spacial score (nSPS) is 11.0. The van der Waals surface area contributed by atoms with Crippen LogP contribution in [0.1, 0.15) is 15.9 Å². The minimum Gasteiger partial charge on any atom is -0.493 e. The summed E-state index contributed by atoms with van der Waals surface area (Å²) in [7, 11) is 2.95. The predicted octanol–water partition coefficient (Wildman–Crippen LogP) is 5.82. The number of methoxy groups -OCH3 is 2. The number of carbonyl (C=O) groups is 1. The molecule has 10 heteroatoms. The smallest absolute Gasteiger partial charge is 0.417 e. The van der Waals surface area contributed by atoms with Gasteiger partial charge in [0.2, 0.25) is 5.88 Å². The Kier molecular flexibility index (Phi) is 6.55. The van der Waals surface area contributed by atoms with Gasteiger partial charge in [-0.25, -0.2) is 4.98 Å². The molecular formula is C21H16ClF3N2O4. The van der Waals surface area contributed by atoms with E-state index in [9.17, 15) is 18.0 Å². The van der Waals surface area contributed by atoms with Crippen molar-refractivity contribution in [1.82, 2.24) is 4.98 Å². The number of ether oxygens (including phenoxy) is 3. The number of rotatable bonds is 6. The van der Waals surface area contributed by atoms with Crippen molar-refractivity contribution in [2.75, 3.05) is 19.5 Å². The number of carbonyl (C=O) groups excluding carboxylic acids is 1. The molecule has 0 bridgehead atoms. The largest absolute Gasteiger partial charge is 0.493 e. The molecule has 0 spiro atoms. The summed E-state index contributed by atoms with van der Waals surface area (Å²) in [4.78, 5) is 16.1. The second kappa shape index (κ2) is 9.13. The number of nitrogens with zero attached hydrogens (tertiary/aromatic N) is 1. The summed E-state index contributed by atoms with van der Waals surface area (Å²) < 4.78 is 53.6. The Morgan fingerprint density at radius 1 is 0.968 bits per heavy atom.